The minimum absolute atomic E-state index is 0.137. The zero-order valence-corrected chi connectivity index (χ0v) is 20.3. The van der Waals surface area contributed by atoms with Gasteiger partial charge in [0.1, 0.15) is 12.4 Å². The summed E-state index contributed by atoms with van der Waals surface area (Å²) in [6, 6.07) is 4.64. The molecule has 0 saturated carbocycles. The first kappa shape index (κ1) is 24.5. The van der Waals surface area contributed by atoms with E-state index in [1.54, 1.807) is 35.5 Å². The molecule has 1 aliphatic heterocycles. The fourth-order valence-corrected chi connectivity index (χ4v) is 4.15. The van der Waals surface area contributed by atoms with Gasteiger partial charge in [0.05, 0.1) is 15.8 Å². The van der Waals surface area contributed by atoms with Gasteiger partial charge in [-0.2, -0.15) is 0 Å². The van der Waals surface area contributed by atoms with Crippen molar-refractivity contribution < 1.29 is 9.53 Å². The molecule has 0 radical (unpaired) electrons. The Morgan fingerprint density at radius 3 is 2.46 bits per heavy atom. The number of benzene rings is 1. The van der Waals surface area contributed by atoms with Crippen LogP contribution in [0.1, 0.15) is 23.1 Å². The molecule has 0 aliphatic carbocycles. The summed E-state index contributed by atoms with van der Waals surface area (Å²) >= 11 is 12.3. The number of anilines is 2. The van der Waals surface area contributed by atoms with Gasteiger partial charge >= 0.3 is 6.03 Å². The zero-order valence-electron chi connectivity index (χ0n) is 18.7. The van der Waals surface area contributed by atoms with E-state index in [4.69, 9.17) is 44.8 Å². The first-order valence-corrected chi connectivity index (χ1v) is 11.6. The van der Waals surface area contributed by atoms with Gasteiger partial charge < -0.3 is 26.0 Å². The standard InChI is InChI=1S/C23H24Cl2N8O2/c24-18-11-29-12-19(25)17(18)13-35-15-2-3-20(26)16(8-15)21(27)14-9-30-23(31-10-14)33-5-1-4-32(6-7-33)22(28)34/h2-3,8-12,27H,1,4-7,13,26H2,(H2,28,34). The van der Waals surface area contributed by atoms with Gasteiger partial charge in [0, 0.05) is 73.3 Å². The Bertz CT molecular complexity index is 1220. The highest BCUT2D eigenvalue weighted by molar-refractivity contribution is 6.35. The minimum atomic E-state index is -0.424. The first-order chi connectivity index (χ1) is 16.8. The first-order valence-electron chi connectivity index (χ1n) is 10.8. The number of carbonyl (C=O) groups excluding carboxylic acids is 1. The van der Waals surface area contributed by atoms with E-state index in [2.05, 4.69) is 15.0 Å². The number of ether oxygens (including phenoxy) is 1. The quantitative estimate of drug-likeness (QED) is 0.337. The van der Waals surface area contributed by atoms with E-state index in [9.17, 15) is 4.79 Å². The molecule has 35 heavy (non-hydrogen) atoms. The van der Waals surface area contributed by atoms with Gasteiger partial charge in [-0.3, -0.25) is 10.4 Å². The predicted octanol–water partition coefficient (Wildman–Crippen LogP) is 3.35. The van der Waals surface area contributed by atoms with Crippen LogP contribution >= 0.6 is 23.2 Å². The van der Waals surface area contributed by atoms with Crippen molar-refractivity contribution in [3.05, 3.63) is 69.7 Å². The van der Waals surface area contributed by atoms with Gasteiger partial charge in [0.15, 0.2) is 0 Å². The number of carbonyl (C=O) groups is 1. The third-order valence-electron chi connectivity index (χ3n) is 5.65. The molecular formula is C23H24Cl2N8O2. The number of hydrogen-bond acceptors (Lipinski definition) is 8. The molecule has 12 heteroatoms. The Labute approximate surface area is 212 Å². The Kier molecular flexibility index (Phi) is 7.52. The van der Waals surface area contributed by atoms with Crippen LogP contribution in [0.3, 0.4) is 0 Å². The van der Waals surface area contributed by atoms with Crippen molar-refractivity contribution in [2.75, 3.05) is 36.8 Å². The lowest BCUT2D eigenvalue weighted by Crippen LogP contribution is -2.38. The van der Waals surface area contributed by atoms with Crippen molar-refractivity contribution in [3.8, 4) is 5.75 Å². The van der Waals surface area contributed by atoms with E-state index in [0.29, 0.717) is 70.3 Å². The molecule has 5 N–H and O–H groups in total. The molecule has 1 aromatic carbocycles. The van der Waals surface area contributed by atoms with Crippen molar-refractivity contribution in [1.29, 1.82) is 5.41 Å². The number of amides is 2. The number of pyridine rings is 1. The summed E-state index contributed by atoms with van der Waals surface area (Å²) in [7, 11) is 0. The maximum absolute atomic E-state index is 11.4. The maximum Gasteiger partial charge on any atom is 0.314 e. The molecule has 1 aliphatic rings. The Hall–Kier alpha value is -3.63. The van der Waals surface area contributed by atoms with E-state index in [0.717, 1.165) is 6.42 Å². The number of rotatable bonds is 6. The monoisotopic (exact) mass is 514 g/mol. The van der Waals surface area contributed by atoms with Crippen LogP contribution in [-0.4, -0.2) is 57.8 Å². The fraction of sp³-hybridized carbons (Fsp3) is 0.261. The highest BCUT2D eigenvalue weighted by atomic mass is 35.5. The van der Waals surface area contributed by atoms with Crippen molar-refractivity contribution >= 4 is 46.6 Å². The number of hydrogen-bond donors (Lipinski definition) is 3. The van der Waals surface area contributed by atoms with Gasteiger partial charge in [-0.25, -0.2) is 14.8 Å². The van der Waals surface area contributed by atoms with E-state index in [1.165, 1.54) is 12.4 Å². The molecule has 0 atom stereocenters. The molecule has 3 aromatic rings. The van der Waals surface area contributed by atoms with Crippen LogP contribution in [0.25, 0.3) is 0 Å². The number of nitrogens with zero attached hydrogens (tertiary/aromatic N) is 5. The summed E-state index contributed by atoms with van der Waals surface area (Å²) in [6.45, 7) is 2.54. The number of aromatic nitrogens is 3. The van der Waals surface area contributed by atoms with E-state index >= 15 is 0 Å². The molecule has 3 heterocycles. The highest BCUT2D eigenvalue weighted by Crippen LogP contribution is 2.27. The number of halogens is 2. The predicted molar refractivity (Wildman–Crippen MR) is 135 cm³/mol. The van der Waals surface area contributed by atoms with Crippen molar-refractivity contribution in [1.82, 2.24) is 19.9 Å². The van der Waals surface area contributed by atoms with Crippen molar-refractivity contribution in [2.45, 2.75) is 13.0 Å². The van der Waals surface area contributed by atoms with Crippen molar-refractivity contribution in [2.24, 2.45) is 5.73 Å². The number of nitrogens with two attached hydrogens (primary N) is 2. The van der Waals surface area contributed by atoms with Crippen LogP contribution in [0.4, 0.5) is 16.4 Å². The largest absolute Gasteiger partial charge is 0.489 e. The molecule has 2 aromatic heterocycles. The van der Waals surface area contributed by atoms with Crippen LogP contribution in [0, 0.1) is 5.41 Å². The molecule has 1 fully saturated rings. The van der Waals surface area contributed by atoms with Gasteiger partial charge in [-0.15, -0.1) is 0 Å². The highest BCUT2D eigenvalue weighted by Gasteiger charge is 2.19. The second kappa shape index (κ2) is 10.7. The summed E-state index contributed by atoms with van der Waals surface area (Å²) < 4.78 is 5.85. The lowest BCUT2D eigenvalue weighted by atomic mass is 10.0. The molecule has 0 bridgehead atoms. The van der Waals surface area contributed by atoms with Gasteiger partial charge in [0.2, 0.25) is 5.95 Å². The normalized spacial score (nSPS) is 13.9. The van der Waals surface area contributed by atoms with Crippen molar-refractivity contribution in [3.63, 3.8) is 0 Å². The average molecular weight is 515 g/mol. The summed E-state index contributed by atoms with van der Waals surface area (Å²) in [5.41, 5.74) is 13.7. The Morgan fingerprint density at radius 1 is 1.06 bits per heavy atom. The molecule has 182 valence electrons. The number of nitrogen functional groups attached to an aromatic ring is 1. The lowest BCUT2D eigenvalue weighted by Gasteiger charge is -2.21. The zero-order chi connectivity index (χ0) is 24.9. The summed E-state index contributed by atoms with van der Waals surface area (Å²) in [5, 5.41) is 9.47. The molecule has 0 unspecified atom stereocenters. The minimum Gasteiger partial charge on any atom is -0.489 e. The molecule has 10 nitrogen and oxygen atoms in total. The average Bonchev–Trinajstić information content (AvgIpc) is 3.11. The second-order valence-corrected chi connectivity index (χ2v) is 8.75. The lowest BCUT2D eigenvalue weighted by molar-refractivity contribution is 0.211. The van der Waals surface area contributed by atoms with Crippen LogP contribution in [-0.2, 0) is 6.61 Å². The number of nitrogens with one attached hydrogen (secondary N) is 1. The van der Waals surface area contributed by atoms with Crippen LogP contribution in [0.2, 0.25) is 10.0 Å². The smallest absolute Gasteiger partial charge is 0.314 e. The van der Waals surface area contributed by atoms with Gasteiger partial charge in [0.25, 0.3) is 0 Å². The maximum atomic E-state index is 11.4. The van der Waals surface area contributed by atoms with Gasteiger partial charge in [-0.05, 0) is 24.6 Å². The molecule has 0 spiro atoms. The second-order valence-electron chi connectivity index (χ2n) is 7.93. The summed E-state index contributed by atoms with van der Waals surface area (Å²) in [6.07, 6.45) is 6.94. The molecule has 4 rings (SSSR count). The summed E-state index contributed by atoms with van der Waals surface area (Å²) in [5.74, 6) is 1.04. The SMILES string of the molecule is N=C(c1cnc(N2CCCN(C(N)=O)CC2)nc1)c1cc(OCc2c(Cl)cncc2Cl)ccc1N. The van der Waals surface area contributed by atoms with Gasteiger partial charge in [-0.1, -0.05) is 23.2 Å². The Balaban J connectivity index is 1.46. The summed E-state index contributed by atoms with van der Waals surface area (Å²) in [4.78, 5) is 27.9. The van der Waals surface area contributed by atoms with Crippen LogP contribution in [0.5, 0.6) is 5.75 Å². The fourth-order valence-electron chi connectivity index (χ4n) is 3.68. The van der Waals surface area contributed by atoms with Crippen LogP contribution in [0.15, 0.2) is 43.0 Å². The van der Waals surface area contributed by atoms with Crippen LogP contribution < -0.4 is 21.1 Å². The number of primary amides is 1. The topological polar surface area (TPSA) is 147 Å². The number of urea groups is 1. The third-order valence-corrected chi connectivity index (χ3v) is 6.30. The van der Waals surface area contributed by atoms with E-state index in [-0.39, 0.29) is 12.3 Å². The third kappa shape index (κ3) is 5.72. The Morgan fingerprint density at radius 2 is 1.77 bits per heavy atom. The molecular weight excluding hydrogens is 491 g/mol. The van der Waals surface area contributed by atoms with E-state index < -0.39 is 6.03 Å². The molecule has 2 amide bonds. The van der Waals surface area contributed by atoms with E-state index in [1.807, 2.05) is 4.90 Å². The molecule has 1 saturated heterocycles.